The van der Waals surface area contributed by atoms with Crippen molar-refractivity contribution in [1.29, 1.82) is 0 Å². The Hall–Kier alpha value is -2.71. The summed E-state index contributed by atoms with van der Waals surface area (Å²) in [6, 6.07) is 11.3. The number of amides is 1. The van der Waals surface area contributed by atoms with Gasteiger partial charge >= 0.3 is 0 Å². The molecule has 2 aromatic heterocycles. The number of ether oxygens (including phenoxy) is 2. The first-order valence-electron chi connectivity index (χ1n) is 8.32. The van der Waals surface area contributed by atoms with Crippen LogP contribution in [0.4, 0.5) is 0 Å². The van der Waals surface area contributed by atoms with Gasteiger partial charge in [-0.2, -0.15) is 5.10 Å². The maximum Gasteiger partial charge on any atom is 0.254 e. The van der Waals surface area contributed by atoms with E-state index >= 15 is 0 Å². The number of carbonyl (C=O) groups excluding carboxylic acids is 1. The van der Waals surface area contributed by atoms with E-state index in [1.165, 1.54) is 6.20 Å². The first kappa shape index (κ1) is 19.1. The molecule has 0 spiro atoms. The molecule has 3 aromatic rings. The highest BCUT2D eigenvalue weighted by Gasteiger charge is 2.11. The van der Waals surface area contributed by atoms with Crippen LogP contribution in [0.1, 0.15) is 15.9 Å². The number of hydrogen-bond acceptors (Lipinski definition) is 5. The summed E-state index contributed by atoms with van der Waals surface area (Å²) >= 11 is 3.40. The van der Waals surface area contributed by atoms with E-state index in [0.717, 1.165) is 15.7 Å². The summed E-state index contributed by atoms with van der Waals surface area (Å²) in [6.07, 6.45) is 4.88. The second-order valence-electron chi connectivity index (χ2n) is 5.64. The fraction of sp³-hybridized carbons (Fsp3) is 0.211. The molecule has 27 heavy (non-hydrogen) atoms. The van der Waals surface area contributed by atoms with E-state index in [9.17, 15) is 4.79 Å². The van der Waals surface area contributed by atoms with Crippen molar-refractivity contribution in [3.63, 3.8) is 0 Å². The highest BCUT2D eigenvalue weighted by Crippen LogP contribution is 2.15. The minimum absolute atomic E-state index is 0.218. The first-order chi connectivity index (χ1) is 13.2. The van der Waals surface area contributed by atoms with E-state index < -0.39 is 0 Å². The Kier molecular flexibility index (Phi) is 6.56. The molecule has 0 fully saturated rings. The lowest BCUT2D eigenvalue weighted by Gasteiger charge is -2.10. The van der Waals surface area contributed by atoms with Crippen molar-refractivity contribution in [2.24, 2.45) is 0 Å². The summed E-state index contributed by atoms with van der Waals surface area (Å²) in [7, 11) is 1.61. The lowest BCUT2D eigenvalue weighted by atomic mass is 10.2. The predicted octanol–water partition coefficient (Wildman–Crippen LogP) is 2.99. The van der Waals surface area contributed by atoms with Gasteiger partial charge in [0.25, 0.3) is 5.91 Å². The maximum atomic E-state index is 12.4. The second kappa shape index (κ2) is 9.29. The minimum Gasteiger partial charge on any atom is -0.475 e. The number of benzene rings is 1. The summed E-state index contributed by atoms with van der Waals surface area (Å²) in [5.41, 5.74) is 2.14. The zero-order valence-electron chi connectivity index (χ0n) is 14.8. The number of pyridine rings is 1. The molecule has 140 valence electrons. The molecule has 0 atom stereocenters. The third kappa shape index (κ3) is 5.15. The van der Waals surface area contributed by atoms with Gasteiger partial charge in [0.1, 0.15) is 6.61 Å². The molecule has 0 saturated carbocycles. The average molecular weight is 431 g/mol. The van der Waals surface area contributed by atoms with Crippen LogP contribution in [0.2, 0.25) is 0 Å². The van der Waals surface area contributed by atoms with Crippen molar-refractivity contribution in [3.05, 3.63) is 70.6 Å². The van der Waals surface area contributed by atoms with Gasteiger partial charge in [0, 0.05) is 36.1 Å². The quantitative estimate of drug-likeness (QED) is 0.555. The van der Waals surface area contributed by atoms with Crippen molar-refractivity contribution in [2.45, 2.75) is 6.54 Å². The molecule has 0 bridgehead atoms. The second-order valence-corrected chi connectivity index (χ2v) is 6.56. The largest absolute Gasteiger partial charge is 0.475 e. The normalized spacial score (nSPS) is 10.6. The Bertz CT molecular complexity index is 896. The number of aromatic nitrogens is 3. The standard InChI is InChI=1S/C19H19BrN4O3/c1-26-9-10-27-19-14(3-2-8-21-19)11-22-18(25)15-12-23-24(13-15)17-6-4-16(20)5-7-17/h2-8,12-13H,9-11H2,1H3,(H,22,25). The van der Waals surface area contributed by atoms with E-state index in [1.807, 2.05) is 30.3 Å². The predicted molar refractivity (Wildman–Crippen MR) is 104 cm³/mol. The highest BCUT2D eigenvalue weighted by molar-refractivity contribution is 9.10. The van der Waals surface area contributed by atoms with Gasteiger partial charge in [0.05, 0.1) is 24.1 Å². The van der Waals surface area contributed by atoms with Crippen molar-refractivity contribution in [1.82, 2.24) is 20.1 Å². The highest BCUT2D eigenvalue weighted by atomic mass is 79.9. The molecule has 0 saturated heterocycles. The van der Waals surface area contributed by atoms with E-state index in [-0.39, 0.29) is 5.91 Å². The Balaban J connectivity index is 1.62. The Morgan fingerprint density at radius 3 is 2.81 bits per heavy atom. The molecule has 0 radical (unpaired) electrons. The van der Waals surface area contributed by atoms with Crippen LogP contribution in [-0.2, 0) is 11.3 Å². The molecule has 0 aliphatic carbocycles. The molecule has 2 heterocycles. The van der Waals surface area contributed by atoms with E-state index in [2.05, 4.69) is 31.3 Å². The molecule has 8 heteroatoms. The number of carbonyl (C=O) groups is 1. The van der Waals surface area contributed by atoms with Crippen LogP contribution < -0.4 is 10.1 Å². The number of halogens is 1. The van der Waals surface area contributed by atoms with Crippen molar-refractivity contribution < 1.29 is 14.3 Å². The average Bonchev–Trinajstić information content (AvgIpc) is 3.18. The van der Waals surface area contributed by atoms with Crippen LogP contribution in [0.5, 0.6) is 5.88 Å². The van der Waals surface area contributed by atoms with Crippen molar-refractivity contribution in [3.8, 4) is 11.6 Å². The minimum atomic E-state index is -0.218. The molecule has 1 N–H and O–H groups in total. The van der Waals surface area contributed by atoms with Crippen molar-refractivity contribution >= 4 is 21.8 Å². The van der Waals surface area contributed by atoms with E-state index in [4.69, 9.17) is 9.47 Å². The molecule has 0 aliphatic heterocycles. The molecule has 0 unspecified atom stereocenters. The van der Waals surface area contributed by atoms with Gasteiger partial charge in [-0.1, -0.05) is 22.0 Å². The molecule has 7 nitrogen and oxygen atoms in total. The molecule has 3 rings (SSSR count). The zero-order valence-corrected chi connectivity index (χ0v) is 16.3. The smallest absolute Gasteiger partial charge is 0.254 e. The lowest BCUT2D eigenvalue weighted by Crippen LogP contribution is -2.23. The zero-order chi connectivity index (χ0) is 19.1. The summed E-state index contributed by atoms with van der Waals surface area (Å²) < 4.78 is 13.2. The number of rotatable bonds is 8. The van der Waals surface area contributed by atoms with Crippen LogP contribution in [0.15, 0.2) is 59.5 Å². The third-order valence-electron chi connectivity index (χ3n) is 3.75. The van der Waals surface area contributed by atoms with Gasteiger partial charge in [-0.15, -0.1) is 0 Å². The number of nitrogens with one attached hydrogen (secondary N) is 1. The van der Waals surface area contributed by atoms with E-state index in [1.54, 1.807) is 30.3 Å². The summed E-state index contributed by atoms with van der Waals surface area (Å²) in [5.74, 6) is 0.269. The van der Waals surface area contributed by atoms with Crippen LogP contribution >= 0.6 is 15.9 Å². The number of hydrogen-bond donors (Lipinski definition) is 1. The van der Waals surface area contributed by atoms with Crippen molar-refractivity contribution in [2.75, 3.05) is 20.3 Å². The lowest BCUT2D eigenvalue weighted by molar-refractivity contribution is 0.0950. The van der Waals surface area contributed by atoms with Gasteiger partial charge < -0.3 is 14.8 Å². The molecular weight excluding hydrogens is 412 g/mol. The van der Waals surface area contributed by atoms with Gasteiger partial charge in [0.2, 0.25) is 5.88 Å². The maximum absolute atomic E-state index is 12.4. The molecule has 1 amide bonds. The van der Waals surface area contributed by atoms with Crippen LogP contribution in [-0.4, -0.2) is 41.0 Å². The third-order valence-corrected chi connectivity index (χ3v) is 4.28. The summed E-state index contributed by atoms with van der Waals surface area (Å²) in [6.45, 7) is 1.17. The first-order valence-corrected chi connectivity index (χ1v) is 9.11. The Morgan fingerprint density at radius 2 is 2.04 bits per heavy atom. The van der Waals surface area contributed by atoms with E-state index in [0.29, 0.717) is 31.2 Å². The monoisotopic (exact) mass is 430 g/mol. The van der Waals surface area contributed by atoms with Gasteiger partial charge in [-0.25, -0.2) is 9.67 Å². The topological polar surface area (TPSA) is 78.3 Å². The number of methoxy groups -OCH3 is 1. The Labute approximate surface area is 165 Å². The van der Waals surface area contributed by atoms with Crippen LogP contribution in [0.25, 0.3) is 5.69 Å². The molecular formula is C19H19BrN4O3. The fourth-order valence-electron chi connectivity index (χ4n) is 2.36. The summed E-state index contributed by atoms with van der Waals surface area (Å²) in [4.78, 5) is 16.6. The fourth-order valence-corrected chi connectivity index (χ4v) is 2.63. The molecule has 1 aromatic carbocycles. The summed E-state index contributed by atoms with van der Waals surface area (Å²) in [5, 5.41) is 7.12. The van der Waals surface area contributed by atoms with Gasteiger partial charge in [-0.05, 0) is 30.3 Å². The van der Waals surface area contributed by atoms with Crippen LogP contribution in [0.3, 0.4) is 0 Å². The Morgan fingerprint density at radius 1 is 1.22 bits per heavy atom. The number of nitrogens with zero attached hydrogens (tertiary/aromatic N) is 3. The SMILES string of the molecule is COCCOc1ncccc1CNC(=O)c1cnn(-c2ccc(Br)cc2)c1. The van der Waals surface area contributed by atoms with Gasteiger partial charge in [-0.3, -0.25) is 4.79 Å². The van der Waals surface area contributed by atoms with Crippen LogP contribution in [0, 0.1) is 0 Å². The van der Waals surface area contributed by atoms with Gasteiger partial charge in [0.15, 0.2) is 0 Å². The molecule has 0 aliphatic rings.